The van der Waals surface area contributed by atoms with E-state index in [4.69, 9.17) is 10.00 Å². The third-order valence-electron chi connectivity index (χ3n) is 3.86. The summed E-state index contributed by atoms with van der Waals surface area (Å²) in [7, 11) is 1.70. The molecule has 0 aliphatic carbocycles. The van der Waals surface area contributed by atoms with Crippen LogP contribution in [0.25, 0.3) is 0 Å². The summed E-state index contributed by atoms with van der Waals surface area (Å²) in [5.41, 5.74) is 1.37. The van der Waals surface area contributed by atoms with Crippen molar-refractivity contribution >= 4 is 0 Å². The average molecular weight is 258 g/mol. The molecule has 2 rings (SSSR count). The molecule has 3 nitrogen and oxygen atoms in total. The van der Waals surface area contributed by atoms with Gasteiger partial charge in [-0.05, 0) is 56.5 Å². The van der Waals surface area contributed by atoms with E-state index in [1.807, 2.05) is 12.1 Å². The van der Waals surface area contributed by atoms with Crippen LogP contribution in [0.1, 0.15) is 31.2 Å². The minimum atomic E-state index is 0.645. The van der Waals surface area contributed by atoms with Crippen LogP contribution in [0.4, 0.5) is 0 Å². The molecule has 102 valence electrons. The maximum Gasteiger partial charge on any atom is 0.118 e. The van der Waals surface area contributed by atoms with Crippen molar-refractivity contribution in [2.75, 3.05) is 20.2 Å². The van der Waals surface area contributed by atoms with Crippen molar-refractivity contribution in [1.82, 2.24) is 4.90 Å². The van der Waals surface area contributed by atoms with Gasteiger partial charge in [0.25, 0.3) is 0 Å². The van der Waals surface area contributed by atoms with Crippen LogP contribution in [0.2, 0.25) is 0 Å². The van der Waals surface area contributed by atoms with Gasteiger partial charge in [0.2, 0.25) is 0 Å². The number of nitriles is 1. The molecule has 0 N–H and O–H groups in total. The summed E-state index contributed by atoms with van der Waals surface area (Å²) in [6, 6.07) is 11.3. The molecule has 1 heterocycles. The third-order valence-corrected chi connectivity index (χ3v) is 3.86. The zero-order chi connectivity index (χ0) is 13.5. The molecule has 0 unspecified atom stereocenters. The Labute approximate surface area is 115 Å². The van der Waals surface area contributed by atoms with Gasteiger partial charge in [-0.15, -0.1) is 0 Å². The van der Waals surface area contributed by atoms with Gasteiger partial charge in [0.05, 0.1) is 13.2 Å². The summed E-state index contributed by atoms with van der Waals surface area (Å²) in [5.74, 6) is 0.918. The molecule has 1 fully saturated rings. The molecular weight excluding hydrogens is 236 g/mol. The Kier molecular flexibility index (Phi) is 5.23. The predicted molar refractivity (Wildman–Crippen MR) is 76.1 cm³/mol. The highest BCUT2D eigenvalue weighted by molar-refractivity contribution is 5.27. The normalized spacial score (nSPS) is 19.3. The van der Waals surface area contributed by atoms with Gasteiger partial charge in [0, 0.05) is 12.5 Å². The lowest BCUT2D eigenvalue weighted by atomic mass is 10.0. The molecule has 0 spiro atoms. The Morgan fingerprint density at radius 1 is 1.37 bits per heavy atom. The molecule has 0 aromatic heterocycles. The second kappa shape index (κ2) is 7.16. The van der Waals surface area contributed by atoms with Gasteiger partial charge in [0.15, 0.2) is 0 Å². The molecule has 0 amide bonds. The highest BCUT2D eigenvalue weighted by Gasteiger charge is 2.23. The summed E-state index contributed by atoms with van der Waals surface area (Å²) >= 11 is 0. The van der Waals surface area contributed by atoms with E-state index in [1.165, 1.54) is 24.9 Å². The van der Waals surface area contributed by atoms with Crippen LogP contribution in [-0.2, 0) is 6.42 Å². The van der Waals surface area contributed by atoms with Gasteiger partial charge in [-0.2, -0.15) is 5.26 Å². The fraction of sp³-hybridized carbons (Fsp3) is 0.562. The Morgan fingerprint density at radius 3 is 2.84 bits per heavy atom. The lowest BCUT2D eigenvalue weighted by molar-refractivity contribution is 0.250. The first-order chi connectivity index (χ1) is 9.33. The first-order valence-electron chi connectivity index (χ1n) is 7.07. The van der Waals surface area contributed by atoms with Crippen LogP contribution in [0.5, 0.6) is 5.75 Å². The van der Waals surface area contributed by atoms with E-state index in [0.29, 0.717) is 12.5 Å². The lowest BCUT2D eigenvalue weighted by Crippen LogP contribution is -2.32. The molecule has 1 aromatic rings. The molecule has 1 atom stereocenters. The van der Waals surface area contributed by atoms with Crippen molar-refractivity contribution in [2.45, 2.75) is 38.1 Å². The molecule has 1 aromatic carbocycles. The maximum atomic E-state index is 8.61. The van der Waals surface area contributed by atoms with Gasteiger partial charge in [0.1, 0.15) is 5.75 Å². The number of hydrogen-bond acceptors (Lipinski definition) is 3. The maximum absolute atomic E-state index is 8.61. The van der Waals surface area contributed by atoms with E-state index >= 15 is 0 Å². The van der Waals surface area contributed by atoms with E-state index in [0.717, 1.165) is 25.1 Å². The molecule has 0 radical (unpaired) electrons. The van der Waals surface area contributed by atoms with Gasteiger partial charge in [-0.3, -0.25) is 0 Å². The van der Waals surface area contributed by atoms with Crippen molar-refractivity contribution in [1.29, 1.82) is 5.26 Å². The van der Waals surface area contributed by atoms with Crippen LogP contribution in [0.3, 0.4) is 0 Å². The Morgan fingerprint density at radius 2 is 2.16 bits per heavy atom. The average Bonchev–Trinajstić information content (AvgIpc) is 2.87. The van der Waals surface area contributed by atoms with E-state index < -0.39 is 0 Å². The van der Waals surface area contributed by atoms with Gasteiger partial charge in [-0.25, -0.2) is 0 Å². The van der Waals surface area contributed by atoms with Crippen molar-refractivity contribution in [2.24, 2.45) is 0 Å². The van der Waals surface area contributed by atoms with Gasteiger partial charge >= 0.3 is 0 Å². The van der Waals surface area contributed by atoms with Crippen LogP contribution in [0, 0.1) is 11.3 Å². The zero-order valence-corrected chi connectivity index (χ0v) is 11.6. The van der Waals surface area contributed by atoms with Crippen LogP contribution >= 0.6 is 0 Å². The molecule has 0 saturated carbocycles. The number of hydrogen-bond donors (Lipinski definition) is 0. The van der Waals surface area contributed by atoms with E-state index in [9.17, 15) is 0 Å². The van der Waals surface area contributed by atoms with E-state index in [1.54, 1.807) is 7.11 Å². The molecule has 0 bridgehead atoms. The Balaban J connectivity index is 1.87. The standard InChI is InChI=1S/C16H22N2O/c1-19-16-8-6-14(7-9-16)13-15-5-4-12-18(15)11-3-2-10-17/h6-9,15H,2-5,11-13H2,1H3/t15-/m1/s1. The fourth-order valence-corrected chi connectivity index (χ4v) is 2.82. The van der Waals surface area contributed by atoms with Gasteiger partial charge in [-0.1, -0.05) is 12.1 Å². The number of ether oxygens (including phenoxy) is 1. The second-order valence-corrected chi connectivity index (χ2v) is 5.15. The summed E-state index contributed by atoms with van der Waals surface area (Å²) in [4.78, 5) is 2.54. The van der Waals surface area contributed by atoms with Crippen LogP contribution in [-0.4, -0.2) is 31.1 Å². The zero-order valence-electron chi connectivity index (χ0n) is 11.6. The third kappa shape index (κ3) is 3.97. The minimum Gasteiger partial charge on any atom is -0.497 e. The fourth-order valence-electron chi connectivity index (χ4n) is 2.82. The summed E-state index contributed by atoms with van der Waals surface area (Å²) in [6.45, 7) is 2.25. The number of rotatable bonds is 6. The minimum absolute atomic E-state index is 0.645. The summed E-state index contributed by atoms with van der Waals surface area (Å²) in [5, 5.41) is 8.61. The first kappa shape index (κ1) is 13.9. The molecule has 1 aliphatic heterocycles. The van der Waals surface area contributed by atoms with Crippen molar-refractivity contribution in [3.05, 3.63) is 29.8 Å². The largest absolute Gasteiger partial charge is 0.497 e. The molecule has 3 heteroatoms. The van der Waals surface area contributed by atoms with Crippen molar-refractivity contribution < 1.29 is 4.74 Å². The summed E-state index contributed by atoms with van der Waals surface area (Å²) < 4.78 is 5.18. The predicted octanol–water partition coefficient (Wildman–Crippen LogP) is 3.01. The monoisotopic (exact) mass is 258 g/mol. The lowest BCUT2D eigenvalue weighted by Gasteiger charge is -2.24. The second-order valence-electron chi connectivity index (χ2n) is 5.15. The Hall–Kier alpha value is -1.53. The number of unbranched alkanes of at least 4 members (excludes halogenated alkanes) is 1. The highest BCUT2D eigenvalue weighted by atomic mass is 16.5. The quantitative estimate of drug-likeness (QED) is 0.736. The molecular formula is C16H22N2O. The smallest absolute Gasteiger partial charge is 0.118 e. The highest BCUT2D eigenvalue weighted by Crippen LogP contribution is 2.22. The molecule has 1 saturated heterocycles. The molecule has 1 aliphatic rings. The number of methoxy groups -OCH3 is 1. The number of nitrogens with zero attached hydrogens (tertiary/aromatic N) is 2. The first-order valence-corrected chi connectivity index (χ1v) is 7.07. The van der Waals surface area contributed by atoms with Crippen molar-refractivity contribution in [3.8, 4) is 11.8 Å². The number of likely N-dealkylation sites (tertiary alicyclic amines) is 1. The summed E-state index contributed by atoms with van der Waals surface area (Å²) in [6.07, 6.45) is 5.34. The van der Waals surface area contributed by atoms with E-state index in [-0.39, 0.29) is 0 Å². The van der Waals surface area contributed by atoms with Gasteiger partial charge < -0.3 is 9.64 Å². The molecule has 19 heavy (non-hydrogen) atoms. The topological polar surface area (TPSA) is 36.3 Å². The van der Waals surface area contributed by atoms with Crippen LogP contribution in [0.15, 0.2) is 24.3 Å². The van der Waals surface area contributed by atoms with Crippen LogP contribution < -0.4 is 4.74 Å². The SMILES string of the molecule is COc1ccc(C[C@H]2CCCN2CCCC#N)cc1. The van der Waals surface area contributed by atoms with Crippen molar-refractivity contribution in [3.63, 3.8) is 0 Å². The Bertz CT molecular complexity index is 421. The van der Waals surface area contributed by atoms with E-state index in [2.05, 4.69) is 23.1 Å². The number of benzene rings is 1.